The summed E-state index contributed by atoms with van der Waals surface area (Å²) in [7, 11) is -3.02. The average molecular weight is 602 g/mol. The van der Waals surface area contributed by atoms with E-state index in [0.717, 1.165) is 0 Å². The number of rotatable bonds is 4. The fourth-order valence-corrected chi connectivity index (χ4v) is 5.87. The third-order valence-corrected chi connectivity index (χ3v) is 9.89. The van der Waals surface area contributed by atoms with Gasteiger partial charge in [-0.2, -0.15) is 33.6 Å². The first-order valence-electron chi connectivity index (χ1n) is 9.98. The van der Waals surface area contributed by atoms with E-state index in [-0.39, 0.29) is 40.3 Å². The summed E-state index contributed by atoms with van der Waals surface area (Å²) in [4.78, 5) is 0. The van der Waals surface area contributed by atoms with Crippen molar-refractivity contribution in [2.45, 2.75) is 26.2 Å². The summed E-state index contributed by atoms with van der Waals surface area (Å²) >= 11 is 18.5. The molecule has 0 aromatic carbocycles. The summed E-state index contributed by atoms with van der Waals surface area (Å²) in [6.45, 7) is 8.52. The van der Waals surface area contributed by atoms with Crippen molar-refractivity contribution in [3.63, 3.8) is 0 Å². The predicted molar refractivity (Wildman–Crippen MR) is 140 cm³/mol. The molecule has 4 fully saturated rings. The van der Waals surface area contributed by atoms with E-state index in [9.17, 15) is 0 Å². The van der Waals surface area contributed by atoms with Crippen molar-refractivity contribution in [2.24, 2.45) is 0 Å². The predicted octanol–water partition coefficient (Wildman–Crippen LogP) is 6.85. The molecule has 0 bridgehead atoms. The third-order valence-electron chi connectivity index (χ3n) is 4.66. The van der Waals surface area contributed by atoms with Gasteiger partial charge >= 0.3 is 34.1 Å². The molecular weight excluding hydrogens is 573 g/mol. The topological polar surface area (TPSA) is 0 Å². The van der Waals surface area contributed by atoms with Crippen molar-refractivity contribution < 1.29 is 34.1 Å². The van der Waals surface area contributed by atoms with Gasteiger partial charge < -0.3 is 0 Å². The summed E-state index contributed by atoms with van der Waals surface area (Å²) in [5.74, 6) is 2.34. The second-order valence-electron chi connectivity index (χ2n) is 8.09. The van der Waals surface area contributed by atoms with Crippen LogP contribution in [0, 0.1) is 125 Å². The van der Waals surface area contributed by atoms with Gasteiger partial charge in [0.05, 0.1) is 0 Å². The second kappa shape index (κ2) is 17.0. The molecule has 4 saturated carbocycles. The quantitative estimate of drug-likeness (QED) is 0.244. The second-order valence-corrected chi connectivity index (χ2v) is 21.2. The van der Waals surface area contributed by atoms with E-state index >= 15 is 0 Å². The smallest absolute Gasteiger partial charge is 0.194 e. The fourth-order valence-electron chi connectivity index (χ4n) is 2.85. The van der Waals surface area contributed by atoms with Gasteiger partial charge in [0.2, 0.25) is 0 Å². The summed E-state index contributed by atoms with van der Waals surface area (Å²) in [6.07, 6.45) is 32.7. The van der Waals surface area contributed by atoms with Crippen LogP contribution in [0.15, 0.2) is 0 Å². The molecule has 4 rings (SSSR count). The Bertz CT molecular complexity index is 423. The Labute approximate surface area is 238 Å². The first-order valence-corrected chi connectivity index (χ1v) is 18.4. The van der Waals surface area contributed by atoms with E-state index in [4.69, 9.17) is 33.6 Å². The molecule has 0 heterocycles. The van der Waals surface area contributed by atoms with Gasteiger partial charge in [-0.1, -0.05) is 26.2 Å². The Kier molecular flexibility index (Phi) is 18.3. The zero-order valence-electron chi connectivity index (χ0n) is 18.7. The summed E-state index contributed by atoms with van der Waals surface area (Å²) in [6, 6.07) is 0. The van der Waals surface area contributed by atoms with E-state index in [0.29, 0.717) is 0 Å². The molecule has 8 heteroatoms. The Morgan fingerprint density at radius 1 is 0.500 bits per heavy atom. The molecule has 168 valence electrons. The molecule has 20 radical (unpaired) electrons. The molecule has 0 nitrogen and oxygen atoms in total. The summed E-state index contributed by atoms with van der Waals surface area (Å²) in [5, 5.41) is 0. The van der Waals surface area contributed by atoms with Gasteiger partial charge in [-0.25, -0.2) is 0 Å². The van der Waals surface area contributed by atoms with Gasteiger partial charge in [0.1, 0.15) is 0 Å². The molecule has 0 spiro atoms. The maximum Gasteiger partial charge on any atom is 2.00 e. The van der Waals surface area contributed by atoms with Gasteiger partial charge in [-0.05, 0) is 125 Å². The van der Waals surface area contributed by atoms with Crippen LogP contribution in [0.1, 0.15) is 0 Å². The molecule has 0 unspecified atom stereocenters. The number of halogens is 3. The molecule has 0 atom stereocenters. The van der Waals surface area contributed by atoms with E-state index in [1.54, 1.807) is 0 Å². The van der Waals surface area contributed by atoms with Crippen LogP contribution in [0.25, 0.3) is 0 Å². The number of hydrogen-bond donors (Lipinski definition) is 0. The van der Waals surface area contributed by atoms with E-state index < -0.39 is 14.8 Å². The van der Waals surface area contributed by atoms with Gasteiger partial charge in [0, 0.05) is 0 Å². The molecule has 0 aromatic rings. The van der Waals surface area contributed by atoms with Crippen LogP contribution >= 0.6 is 33.6 Å². The van der Waals surface area contributed by atoms with Crippen molar-refractivity contribution in [1.82, 2.24) is 0 Å². The molecule has 0 saturated heterocycles. The van der Waals surface area contributed by atoms with Crippen molar-refractivity contribution in [2.75, 3.05) is 0 Å². The van der Waals surface area contributed by atoms with Crippen molar-refractivity contribution >= 4 is 54.5 Å². The van der Waals surface area contributed by atoms with E-state index in [1.165, 1.54) is 22.7 Å². The number of hydrogen-bond acceptors (Lipinski definition) is 0. The molecule has 4 aliphatic rings. The normalized spacial score (nSPS) is 23.0. The van der Waals surface area contributed by atoms with E-state index in [1.807, 2.05) is 77.0 Å². The minimum Gasteiger partial charge on any atom is -0.194 e. The minimum atomic E-state index is -1.51. The maximum atomic E-state index is 6.21. The van der Waals surface area contributed by atoms with Gasteiger partial charge in [0.15, 0.2) is 14.8 Å². The van der Waals surface area contributed by atoms with Gasteiger partial charge in [-0.15, -0.1) is 0 Å². The first-order chi connectivity index (χ1) is 14.1. The van der Waals surface area contributed by atoms with Crippen LogP contribution in [-0.4, -0.2) is 20.9 Å². The molecule has 0 N–H and O–H groups in total. The molecule has 32 heavy (non-hydrogen) atoms. The average Bonchev–Trinajstić information content (AvgIpc) is 3.50. The third kappa shape index (κ3) is 12.6. The maximum absolute atomic E-state index is 6.21. The zero-order valence-corrected chi connectivity index (χ0v) is 25.1. The standard InChI is InChI=1S/C10H8BCl.2C7H10ClSi.2Fe/c12-11(9-5-1-2-6-9)10-7-3-4-8-10;2*1-9(2,8)7-5-3-4-6-7;;/h1-8H;2*3-6H,1-2H3;;/q;;;2*+2. The van der Waals surface area contributed by atoms with Crippen molar-refractivity contribution in [1.29, 1.82) is 0 Å². The molecular formula is C24H28BCl3Fe2Si2+4. The van der Waals surface area contributed by atoms with Crippen LogP contribution < -0.4 is 0 Å². The van der Waals surface area contributed by atoms with Gasteiger partial charge in [0.25, 0.3) is 6.13 Å². The summed E-state index contributed by atoms with van der Waals surface area (Å²) < 4.78 is 0. The Morgan fingerprint density at radius 2 is 0.719 bits per heavy atom. The van der Waals surface area contributed by atoms with Crippen LogP contribution in [0.2, 0.25) is 26.2 Å². The van der Waals surface area contributed by atoms with Gasteiger partial charge in [-0.3, -0.25) is 0 Å². The van der Waals surface area contributed by atoms with Crippen molar-refractivity contribution in [3.8, 4) is 0 Å². The first kappa shape index (κ1) is 34.4. The molecule has 0 aromatic heterocycles. The Hall–Kier alpha value is 2.41. The van der Waals surface area contributed by atoms with Crippen molar-refractivity contribution in [3.05, 3.63) is 125 Å². The van der Waals surface area contributed by atoms with Crippen LogP contribution in [-0.2, 0) is 34.1 Å². The van der Waals surface area contributed by atoms with Crippen LogP contribution in [0.4, 0.5) is 0 Å². The summed E-state index contributed by atoms with van der Waals surface area (Å²) in [5.41, 5.74) is 2.65. The monoisotopic (exact) mass is 600 g/mol. The Balaban J connectivity index is 0.000000444. The molecule has 0 amide bonds. The molecule has 4 aliphatic carbocycles. The zero-order chi connectivity index (χ0) is 22.2. The fraction of sp³-hybridized carbons (Fsp3) is 0.167. The molecule has 0 aliphatic heterocycles. The largest absolute Gasteiger partial charge is 2.00 e. The van der Waals surface area contributed by atoms with Crippen LogP contribution in [0.3, 0.4) is 0 Å². The van der Waals surface area contributed by atoms with Crippen LogP contribution in [0.5, 0.6) is 0 Å². The SMILES string of the molecule is C[Si](C)(Cl)[C]1[CH][CH][CH][CH]1.C[Si](C)(Cl)[C]1[CH][CH][CH][CH]1.ClB([C]1[CH][CH][CH][CH]1)[C]1[CH][CH][CH][CH]1.[Fe+2].[Fe+2]. The Morgan fingerprint density at radius 3 is 0.906 bits per heavy atom. The minimum absolute atomic E-state index is 0. The van der Waals surface area contributed by atoms with E-state index in [2.05, 4.69) is 51.9 Å².